The van der Waals surface area contributed by atoms with Crippen LogP contribution in [0.4, 0.5) is 0 Å². The SMILES string of the molecule is CCCNC(CN1C(C)CCCC1C)C(=O)O. The predicted octanol–water partition coefficient (Wildman–Crippen LogP) is 1.70. The van der Waals surface area contributed by atoms with E-state index in [1.54, 1.807) is 0 Å². The van der Waals surface area contributed by atoms with E-state index in [-0.39, 0.29) is 0 Å². The van der Waals surface area contributed by atoms with Crippen LogP contribution in [0.3, 0.4) is 0 Å². The molecule has 0 radical (unpaired) electrons. The highest BCUT2D eigenvalue weighted by Gasteiger charge is 2.29. The van der Waals surface area contributed by atoms with Crippen LogP contribution in [0, 0.1) is 0 Å². The van der Waals surface area contributed by atoms with Gasteiger partial charge in [0, 0.05) is 18.6 Å². The molecule has 2 N–H and O–H groups in total. The van der Waals surface area contributed by atoms with Crippen molar-refractivity contribution < 1.29 is 9.90 Å². The van der Waals surface area contributed by atoms with Gasteiger partial charge in [0.15, 0.2) is 0 Å². The van der Waals surface area contributed by atoms with Crippen LogP contribution in [-0.2, 0) is 4.79 Å². The Hall–Kier alpha value is -0.610. The molecule has 100 valence electrons. The van der Waals surface area contributed by atoms with Crippen LogP contribution in [0.15, 0.2) is 0 Å². The van der Waals surface area contributed by atoms with Gasteiger partial charge in [0.2, 0.25) is 0 Å². The van der Waals surface area contributed by atoms with Gasteiger partial charge >= 0.3 is 5.97 Å². The van der Waals surface area contributed by atoms with Crippen LogP contribution in [0.5, 0.6) is 0 Å². The van der Waals surface area contributed by atoms with Crippen molar-refractivity contribution in [3.8, 4) is 0 Å². The molecule has 3 atom stereocenters. The first-order valence-electron chi connectivity index (χ1n) is 6.78. The maximum absolute atomic E-state index is 11.2. The first-order chi connectivity index (χ1) is 8.06. The lowest BCUT2D eigenvalue weighted by Gasteiger charge is -2.40. The zero-order valence-corrected chi connectivity index (χ0v) is 11.3. The smallest absolute Gasteiger partial charge is 0.322 e. The molecule has 0 amide bonds. The van der Waals surface area contributed by atoms with E-state index in [0.29, 0.717) is 18.6 Å². The van der Waals surface area contributed by atoms with E-state index in [4.69, 9.17) is 0 Å². The van der Waals surface area contributed by atoms with E-state index >= 15 is 0 Å². The van der Waals surface area contributed by atoms with E-state index < -0.39 is 12.0 Å². The van der Waals surface area contributed by atoms with Crippen molar-refractivity contribution in [1.82, 2.24) is 10.2 Å². The fraction of sp³-hybridized carbons (Fsp3) is 0.923. The minimum Gasteiger partial charge on any atom is -0.480 e. The van der Waals surface area contributed by atoms with Gasteiger partial charge in [0.1, 0.15) is 6.04 Å². The summed E-state index contributed by atoms with van der Waals surface area (Å²) in [6.07, 6.45) is 4.60. The van der Waals surface area contributed by atoms with E-state index in [2.05, 4.69) is 31.0 Å². The molecule has 1 heterocycles. The van der Waals surface area contributed by atoms with E-state index in [9.17, 15) is 9.90 Å². The third-order valence-electron chi connectivity index (χ3n) is 3.71. The Balaban J connectivity index is 2.54. The van der Waals surface area contributed by atoms with E-state index in [1.165, 1.54) is 19.3 Å². The van der Waals surface area contributed by atoms with Gasteiger partial charge in [-0.15, -0.1) is 0 Å². The Bertz CT molecular complexity index is 236. The summed E-state index contributed by atoms with van der Waals surface area (Å²) in [7, 11) is 0. The molecule has 1 saturated heterocycles. The molecule has 1 aliphatic rings. The van der Waals surface area contributed by atoms with Crippen LogP contribution in [0.1, 0.15) is 46.5 Å². The molecule has 0 aliphatic carbocycles. The summed E-state index contributed by atoms with van der Waals surface area (Å²) in [4.78, 5) is 13.5. The highest BCUT2D eigenvalue weighted by Crippen LogP contribution is 2.22. The lowest BCUT2D eigenvalue weighted by molar-refractivity contribution is -0.140. The number of carbonyl (C=O) groups is 1. The summed E-state index contributed by atoms with van der Waals surface area (Å²) in [6, 6.07) is 0.575. The van der Waals surface area contributed by atoms with Crippen LogP contribution in [0.25, 0.3) is 0 Å². The monoisotopic (exact) mass is 242 g/mol. The molecule has 1 aliphatic heterocycles. The summed E-state index contributed by atoms with van der Waals surface area (Å²) in [5, 5.41) is 12.3. The van der Waals surface area contributed by atoms with Crippen LogP contribution >= 0.6 is 0 Å². The zero-order chi connectivity index (χ0) is 12.8. The molecule has 0 aromatic carbocycles. The predicted molar refractivity (Wildman–Crippen MR) is 69.2 cm³/mol. The Labute approximate surface area is 104 Å². The number of aliphatic carboxylic acids is 1. The molecule has 3 unspecified atom stereocenters. The van der Waals surface area contributed by atoms with Crippen molar-refractivity contribution in [3.05, 3.63) is 0 Å². The first kappa shape index (κ1) is 14.5. The summed E-state index contributed by atoms with van der Waals surface area (Å²) < 4.78 is 0. The second kappa shape index (κ2) is 6.97. The molecule has 17 heavy (non-hydrogen) atoms. The Morgan fingerprint density at radius 2 is 2.00 bits per heavy atom. The van der Waals surface area contributed by atoms with Gasteiger partial charge < -0.3 is 10.4 Å². The number of nitrogens with zero attached hydrogens (tertiary/aromatic N) is 1. The number of carboxylic acids is 1. The number of hydrogen-bond acceptors (Lipinski definition) is 3. The van der Waals surface area contributed by atoms with Gasteiger partial charge in [-0.1, -0.05) is 13.3 Å². The highest BCUT2D eigenvalue weighted by atomic mass is 16.4. The third-order valence-corrected chi connectivity index (χ3v) is 3.71. The van der Waals surface area contributed by atoms with E-state index in [1.807, 2.05) is 0 Å². The van der Waals surface area contributed by atoms with Crippen molar-refractivity contribution in [1.29, 1.82) is 0 Å². The molecule has 1 rings (SSSR count). The minimum absolute atomic E-state index is 0.432. The maximum Gasteiger partial charge on any atom is 0.322 e. The van der Waals surface area contributed by atoms with Gasteiger partial charge in [0.25, 0.3) is 0 Å². The number of carboxylic acid groups (broad SMARTS) is 1. The minimum atomic E-state index is -0.733. The Morgan fingerprint density at radius 1 is 1.41 bits per heavy atom. The number of hydrogen-bond donors (Lipinski definition) is 2. The second-order valence-electron chi connectivity index (χ2n) is 5.17. The average molecular weight is 242 g/mol. The largest absolute Gasteiger partial charge is 0.480 e. The van der Waals surface area contributed by atoms with Gasteiger partial charge in [-0.3, -0.25) is 9.69 Å². The normalized spacial score (nSPS) is 27.9. The summed E-state index contributed by atoms with van der Waals surface area (Å²) >= 11 is 0. The van der Waals surface area contributed by atoms with Crippen molar-refractivity contribution >= 4 is 5.97 Å². The molecule has 4 heteroatoms. The molecule has 0 aromatic rings. The van der Waals surface area contributed by atoms with E-state index in [0.717, 1.165) is 13.0 Å². The zero-order valence-electron chi connectivity index (χ0n) is 11.3. The molecule has 4 nitrogen and oxygen atoms in total. The number of likely N-dealkylation sites (tertiary alicyclic amines) is 1. The van der Waals surface area contributed by atoms with Crippen LogP contribution in [0.2, 0.25) is 0 Å². The number of nitrogens with one attached hydrogen (secondary N) is 1. The standard InChI is InChI=1S/C13H26N2O2/c1-4-8-14-12(13(16)17)9-15-10(2)6-5-7-11(15)3/h10-12,14H,4-9H2,1-3H3,(H,16,17). The van der Waals surface area contributed by atoms with Crippen LogP contribution in [-0.4, -0.2) is 47.2 Å². The second-order valence-corrected chi connectivity index (χ2v) is 5.17. The van der Waals surface area contributed by atoms with Crippen molar-refractivity contribution in [3.63, 3.8) is 0 Å². The molecule has 0 saturated carbocycles. The molecule has 1 fully saturated rings. The average Bonchev–Trinajstić information content (AvgIpc) is 2.27. The lowest BCUT2D eigenvalue weighted by Crippen LogP contribution is -2.53. The lowest BCUT2D eigenvalue weighted by atomic mass is 9.97. The summed E-state index contributed by atoms with van der Waals surface area (Å²) in [6.45, 7) is 7.85. The third kappa shape index (κ3) is 4.28. The molecule has 0 spiro atoms. The summed E-state index contributed by atoms with van der Waals surface area (Å²) in [5.74, 6) is -0.733. The topological polar surface area (TPSA) is 52.6 Å². The Morgan fingerprint density at radius 3 is 2.47 bits per heavy atom. The van der Waals surface area contributed by atoms with Gasteiger partial charge in [-0.05, 0) is 39.7 Å². The fourth-order valence-corrected chi connectivity index (χ4v) is 2.59. The maximum atomic E-state index is 11.2. The molecule has 0 bridgehead atoms. The molecular weight excluding hydrogens is 216 g/mol. The first-order valence-corrected chi connectivity index (χ1v) is 6.78. The van der Waals surface area contributed by atoms with Crippen LogP contribution < -0.4 is 5.32 Å². The van der Waals surface area contributed by atoms with Crippen molar-refractivity contribution in [2.75, 3.05) is 13.1 Å². The number of piperidine rings is 1. The highest BCUT2D eigenvalue weighted by molar-refractivity contribution is 5.73. The fourth-order valence-electron chi connectivity index (χ4n) is 2.59. The van der Waals surface area contributed by atoms with Crippen molar-refractivity contribution in [2.24, 2.45) is 0 Å². The molecular formula is C13H26N2O2. The van der Waals surface area contributed by atoms with Crippen molar-refractivity contribution in [2.45, 2.75) is 64.6 Å². The van der Waals surface area contributed by atoms with Gasteiger partial charge in [0.05, 0.1) is 0 Å². The Kier molecular flexibility index (Phi) is 5.92. The quantitative estimate of drug-likeness (QED) is 0.744. The number of rotatable bonds is 6. The van der Waals surface area contributed by atoms with Gasteiger partial charge in [-0.25, -0.2) is 0 Å². The molecule has 0 aromatic heterocycles. The van der Waals surface area contributed by atoms with Gasteiger partial charge in [-0.2, -0.15) is 0 Å². The summed E-state index contributed by atoms with van der Waals surface area (Å²) in [5.41, 5.74) is 0.